The van der Waals surface area contributed by atoms with E-state index in [1.807, 2.05) is 0 Å². The van der Waals surface area contributed by atoms with Gasteiger partial charge in [-0.25, -0.2) is 0 Å². The summed E-state index contributed by atoms with van der Waals surface area (Å²) in [6.45, 7) is 6.68. The van der Waals surface area contributed by atoms with Gasteiger partial charge in [0, 0.05) is 5.92 Å². The number of aliphatic hydroxyl groups excluding tert-OH is 1. The van der Waals surface area contributed by atoms with Crippen LogP contribution in [-0.2, 0) is 6.42 Å². The fourth-order valence-corrected chi connectivity index (χ4v) is 2.98. The standard InChI is InChI=1S/C15H22O/c1-15(2,3)14-12-9-5-4-7-11(12)8-6-10-13(14)16/h4-5,7,9,13-14,16H,6,8,10H2,1-3H3. The summed E-state index contributed by atoms with van der Waals surface area (Å²) >= 11 is 0. The molecule has 2 unspecified atom stereocenters. The van der Waals surface area contributed by atoms with Gasteiger partial charge in [0.1, 0.15) is 0 Å². The summed E-state index contributed by atoms with van der Waals surface area (Å²) in [6.07, 6.45) is 2.95. The van der Waals surface area contributed by atoms with E-state index in [4.69, 9.17) is 0 Å². The van der Waals surface area contributed by atoms with E-state index in [1.54, 1.807) is 0 Å². The van der Waals surface area contributed by atoms with Gasteiger partial charge in [-0.2, -0.15) is 0 Å². The van der Waals surface area contributed by atoms with Gasteiger partial charge in [0.15, 0.2) is 0 Å². The highest BCUT2D eigenvalue weighted by Gasteiger charge is 2.34. The number of rotatable bonds is 0. The van der Waals surface area contributed by atoms with Crippen molar-refractivity contribution in [2.45, 2.75) is 52.1 Å². The molecule has 1 aromatic carbocycles. The van der Waals surface area contributed by atoms with Crippen LogP contribution in [0.4, 0.5) is 0 Å². The third-order valence-electron chi connectivity index (χ3n) is 3.65. The Labute approximate surface area is 98.5 Å². The van der Waals surface area contributed by atoms with Gasteiger partial charge in [-0.05, 0) is 35.8 Å². The van der Waals surface area contributed by atoms with Crippen LogP contribution in [0.2, 0.25) is 0 Å². The second-order valence-electron chi connectivity index (χ2n) is 6.00. The second kappa shape index (κ2) is 4.21. The maximum Gasteiger partial charge on any atom is 0.0614 e. The van der Waals surface area contributed by atoms with Crippen LogP contribution in [0.3, 0.4) is 0 Å². The molecule has 1 aromatic rings. The minimum Gasteiger partial charge on any atom is -0.392 e. The van der Waals surface area contributed by atoms with E-state index in [0.29, 0.717) is 0 Å². The number of hydrogen-bond acceptors (Lipinski definition) is 1. The van der Waals surface area contributed by atoms with Crippen LogP contribution in [0.25, 0.3) is 0 Å². The summed E-state index contributed by atoms with van der Waals surface area (Å²) in [5, 5.41) is 10.3. The monoisotopic (exact) mass is 218 g/mol. The second-order valence-corrected chi connectivity index (χ2v) is 6.00. The molecule has 0 aromatic heterocycles. The minimum absolute atomic E-state index is 0.125. The molecule has 1 heteroatoms. The van der Waals surface area contributed by atoms with Crippen LogP contribution in [0.15, 0.2) is 24.3 Å². The normalized spacial score (nSPS) is 26.0. The summed E-state index contributed by atoms with van der Waals surface area (Å²) in [7, 11) is 0. The molecule has 0 amide bonds. The Hall–Kier alpha value is -0.820. The third kappa shape index (κ3) is 2.15. The highest BCUT2D eigenvalue weighted by atomic mass is 16.3. The molecule has 1 N–H and O–H groups in total. The number of fused-ring (bicyclic) bond motifs is 1. The zero-order valence-electron chi connectivity index (χ0n) is 10.5. The first-order chi connectivity index (χ1) is 7.50. The van der Waals surface area contributed by atoms with E-state index in [9.17, 15) is 5.11 Å². The topological polar surface area (TPSA) is 20.2 Å². The Morgan fingerprint density at radius 3 is 2.56 bits per heavy atom. The van der Waals surface area contributed by atoms with Crippen molar-refractivity contribution in [3.05, 3.63) is 35.4 Å². The summed E-state index contributed by atoms with van der Waals surface area (Å²) in [4.78, 5) is 0. The molecule has 0 radical (unpaired) electrons. The summed E-state index contributed by atoms with van der Waals surface area (Å²) in [5.74, 6) is 0.270. The predicted molar refractivity (Wildman–Crippen MR) is 67.6 cm³/mol. The SMILES string of the molecule is CC(C)(C)C1c2ccccc2CCCC1O. The van der Waals surface area contributed by atoms with Crippen molar-refractivity contribution in [1.82, 2.24) is 0 Å². The molecule has 2 atom stereocenters. The lowest BCUT2D eigenvalue weighted by Crippen LogP contribution is -2.29. The zero-order valence-corrected chi connectivity index (χ0v) is 10.5. The molecule has 2 rings (SSSR count). The van der Waals surface area contributed by atoms with Crippen LogP contribution in [0.5, 0.6) is 0 Å². The molecule has 0 saturated heterocycles. The maximum absolute atomic E-state index is 10.3. The lowest BCUT2D eigenvalue weighted by Gasteiger charge is -2.34. The smallest absolute Gasteiger partial charge is 0.0614 e. The number of aliphatic hydroxyl groups is 1. The molecule has 1 aliphatic carbocycles. The highest BCUT2D eigenvalue weighted by molar-refractivity contribution is 5.33. The number of benzene rings is 1. The highest BCUT2D eigenvalue weighted by Crippen LogP contribution is 2.42. The molecule has 0 spiro atoms. The fourth-order valence-electron chi connectivity index (χ4n) is 2.98. The van der Waals surface area contributed by atoms with E-state index in [1.165, 1.54) is 11.1 Å². The Morgan fingerprint density at radius 2 is 1.88 bits per heavy atom. The molecule has 0 bridgehead atoms. The van der Waals surface area contributed by atoms with Crippen LogP contribution in [-0.4, -0.2) is 11.2 Å². The van der Waals surface area contributed by atoms with Gasteiger partial charge in [-0.1, -0.05) is 45.0 Å². The Balaban J connectivity index is 2.48. The summed E-state index contributed by atoms with van der Waals surface area (Å²) < 4.78 is 0. The molecule has 1 aliphatic rings. The van der Waals surface area contributed by atoms with Gasteiger partial charge in [0.2, 0.25) is 0 Å². The maximum atomic E-state index is 10.3. The Bertz CT molecular complexity index is 362. The average Bonchev–Trinajstić information content (AvgIpc) is 2.34. The molecular weight excluding hydrogens is 196 g/mol. The van der Waals surface area contributed by atoms with Crippen LogP contribution in [0, 0.1) is 5.41 Å². The van der Waals surface area contributed by atoms with E-state index < -0.39 is 0 Å². The Kier molecular flexibility index (Phi) is 3.07. The van der Waals surface area contributed by atoms with Crippen molar-refractivity contribution in [3.8, 4) is 0 Å². The van der Waals surface area contributed by atoms with Gasteiger partial charge in [0.25, 0.3) is 0 Å². The lowest BCUT2D eigenvalue weighted by atomic mass is 9.72. The van der Waals surface area contributed by atoms with Gasteiger partial charge < -0.3 is 5.11 Å². The first kappa shape index (κ1) is 11.7. The molecule has 88 valence electrons. The predicted octanol–water partition coefficient (Wildman–Crippen LogP) is 3.51. The molecule has 0 aliphatic heterocycles. The fraction of sp³-hybridized carbons (Fsp3) is 0.600. The van der Waals surface area contributed by atoms with Crippen molar-refractivity contribution in [3.63, 3.8) is 0 Å². The van der Waals surface area contributed by atoms with Crippen molar-refractivity contribution in [2.75, 3.05) is 0 Å². The first-order valence-electron chi connectivity index (χ1n) is 6.26. The van der Waals surface area contributed by atoms with E-state index >= 15 is 0 Å². The number of hydrogen-bond donors (Lipinski definition) is 1. The molecule has 0 heterocycles. The lowest BCUT2D eigenvalue weighted by molar-refractivity contribution is 0.0836. The summed E-state index contributed by atoms with van der Waals surface area (Å²) in [6, 6.07) is 8.61. The van der Waals surface area contributed by atoms with Gasteiger partial charge in [0.05, 0.1) is 6.10 Å². The Morgan fingerprint density at radius 1 is 1.19 bits per heavy atom. The van der Waals surface area contributed by atoms with Gasteiger partial charge >= 0.3 is 0 Å². The zero-order chi connectivity index (χ0) is 11.8. The quantitative estimate of drug-likeness (QED) is 0.661. The van der Waals surface area contributed by atoms with Crippen LogP contribution >= 0.6 is 0 Å². The molecule has 1 nitrogen and oxygen atoms in total. The number of aryl methyl sites for hydroxylation is 1. The molecule has 16 heavy (non-hydrogen) atoms. The van der Waals surface area contributed by atoms with Crippen molar-refractivity contribution >= 4 is 0 Å². The third-order valence-corrected chi connectivity index (χ3v) is 3.65. The van der Waals surface area contributed by atoms with Crippen LogP contribution < -0.4 is 0 Å². The first-order valence-corrected chi connectivity index (χ1v) is 6.26. The van der Waals surface area contributed by atoms with E-state index in [-0.39, 0.29) is 17.4 Å². The largest absolute Gasteiger partial charge is 0.392 e. The van der Waals surface area contributed by atoms with Crippen molar-refractivity contribution in [2.24, 2.45) is 5.41 Å². The molecule has 0 saturated carbocycles. The van der Waals surface area contributed by atoms with Gasteiger partial charge in [-0.3, -0.25) is 0 Å². The van der Waals surface area contributed by atoms with Gasteiger partial charge in [-0.15, -0.1) is 0 Å². The minimum atomic E-state index is -0.191. The van der Waals surface area contributed by atoms with Crippen molar-refractivity contribution < 1.29 is 5.11 Å². The average molecular weight is 218 g/mol. The summed E-state index contributed by atoms with van der Waals surface area (Å²) in [5.41, 5.74) is 2.92. The molecular formula is C15H22O. The molecule has 0 fully saturated rings. The van der Waals surface area contributed by atoms with E-state index in [2.05, 4.69) is 45.0 Å². The van der Waals surface area contributed by atoms with Crippen LogP contribution in [0.1, 0.15) is 50.7 Å². The van der Waals surface area contributed by atoms with E-state index in [0.717, 1.165) is 19.3 Å². The van der Waals surface area contributed by atoms with Crippen molar-refractivity contribution in [1.29, 1.82) is 0 Å².